The Labute approximate surface area is 140 Å². The summed E-state index contributed by atoms with van der Waals surface area (Å²) in [7, 11) is 0. The number of nitrogens with zero attached hydrogens (tertiary/aromatic N) is 1. The SMILES string of the molecule is [CH2-]CC1(C[CH2-])C=C(CC(=O)O)c2cccnc21.[CH3-].[Y+3]. The van der Waals surface area contributed by atoms with E-state index in [0.29, 0.717) is 12.8 Å². The van der Waals surface area contributed by atoms with Gasteiger partial charge in [0, 0.05) is 11.8 Å². The van der Waals surface area contributed by atoms with Gasteiger partial charge in [-0.25, -0.2) is 0 Å². The topological polar surface area (TPSA) is 50.2 Å². The Morgan fingerprint density at radius 3 is 2.53 bits per heavy atom. The minimum absolute atomic E-state index is 0. The number of aromatic nitrogens is 1. The number of hydrogen-bond acceptors (Lipinski definition) is 2. The third-order valence-corrected chi connectivity index (χ3v) is 3.31. The van der Waals surface area contributed by atoms with Crippen molar-refractivity contribution >= 4 is 11.5 Å². The van der Waals surface area contributed by atoms with Crippen molar-refractivity contribution in [2.75, 3.05) is 0 Å². The zero-order chi connectivity index (χ0) is 12.5. The molecule has 0 amide bonds. The van der Waals surface area contributed by atoms with Crippen molar-refractivity contribution in [3.05, 3.63) is 56.9 Å². The monoisotopic (exact) mass is 333 g/mol. The van der Waals surface area contributed by atoms with Crippen LogP contribution in [0.5, 0.6) is 0 Å². The Morgan fingerprint density at radius 2 is 2.00 bits per heavy atom. The van der Waals surface area contributed by atoms with E-state index in [1.165, 1.54) is 0 Å². The maximum Gasteiger partial charge on any atom is 3.00 e. The molecule has 0 radical (unpaired) electrons. The Hall–Kier alpha value is -0.536. The fourth-order valence-corrected chi connectivity index (χ4v) is 2.36. The van der Waals surface area contributed by atoms with E-state index in [2.05, 4.69) is 18.8 Å². The molecular formula is C15H18NO2Y. The smallest absolute Gasteiger partial charge is 0.481 e. The van der Waals surface area contributed by atoms with Crippen molar-refractivity contribution in [3.63, 3.8) is 0 Å². The minimum Gasteiger partial charge on any atom is -0.481 e. The van der Waals surface area contributed by atoms with Gasteiger partial charge in [-0.3, -0.25) is 9.78 Å². The summed E-state index contributed by atoms with van der Waals surface area (Å²) in [6.45, 7) is 7.90. The molecule has 0 bridgehead atoms. The first kappa shape index (κ1) is 18.5. The number of rotatable bonds is 4. The standard InChI is InChI=1S/C14H15NO2.CH3.Y/c1-3-14(4-2)9-10(8-12(16)17)11-6-5-7-15-13(11)14;;/h5-7,9H,1-4,8H2,(H,16,17);1H3;/q-2;-1;+3. The van der Waals surface area contributed by atoms with Crippen LogP contribution in [0.1, 0.15) is 30.5 Å². The molecule has 0 spiro atoms. The van der Waals surface area contributed by atoms with E-state index in [-0.39, 0.29) is 52.0 Å². The molecule has 0 saturated heterocycles. The van der Waals surface area contributed by atoms with Crippen molar-refractivity contribution in [3.8, 4) is 0 Å². The normalized spacial score (nSPS) is 14.7. The molecule has 0 saturated carbocycles. The van der Waals surface area contributed by atoms with Crippen LogP contribution in [0.2, 0.25) is 0 Å². The van der Waals surface area contributed by atoms with E-state index in [4.69, 9.17) is 5.11 Å². The molecule has 2 rings (SSSR count). The van der Waals surface area contributed by atoms with Crippen LogP contribution in [-0.2, 0) is 42.9 Å². The van der Waals surface area contributed by atoms with Gasteiger partial charge in [0.1, 0.15) is 0 Å². The second kappa shape index (κ2) is 7.30. The van der Waals surface area contributed by atoms with Crippen molar-refractivity contribution in [2.24, 2.45) is 0 Å². The number of fused-ring (bicyclic) bond motifs is 1. The fraction of sp³-hybridized carbons (Fsp3) is 0.267. The summed E-state index contributed by atoms with van der Waals surface area (Å²) >= 11 is 0. The van der Waals surface area contributed by atoms with Crippen LogP contribution in [0.15, 0.2) is 24.4 Å². The van der Waals surface area contributed by atoms with Gasteiger partial charge in [0.05, 0.1) is 12.1 Å². The third-order valence-electron chi connectivity index (χ3n) is 3.31. The van der Waals surface area contributed by atoms with E-state index >= 15 is 0 Å². The molecule has 1 aromatic rings. The quantitative estimate of drug-likeness (QED) is 0.862. The van der Waals surface area contributed by atoms with Crippen LogP contribution in [0.4, 0.5) is 0 Å². The fourth-order valence-electron chi connectivity index (χ4n) is 2.36. The zero-order valence-electron chi connectivity index (χ0n) is 11.2. The van der Waals surface area contributed by atoms with Crippen molar-refractivity contribution in [2.45, 2.75) is 24.7 Å². The summed E-state index contributed by atoms with van der Waals surface area (Å²) < 4.78 is 0. The molecular weight excluding hydrogens is 315 g/mol. The molecule has 1 heterocycles. The maximum atomic E-state index is 10.9. The zero-order valence-corrected chi connectivity index (χ0v) is 14.1. The second-order valence-corrected chi connectivity index (χ2v) is 4.30. The van der Waals surface area contributed by atoms with Gasteiger partial charge in [0.25, 0.3) is 0 Å². The molecule has 0 aliphatic heterocycles. The van der Waals surface area contributed by atoms with E-state index in [1.54, 1.807) is 6.20 Å². The van der Waals surface area contributed by atoms with E-state index < -0.39 is 5.97 Å². The summed E-state index contributed by atoms with van der Waals surface area (Å²) in [6.07, 6.45) is 5.03. The number of allylic oxidation sites excluding steroid dienone is 1. The van der Waals surface area contributed by atoms with Gasteiger partial charge in [-0.2, -0.15) is 12.8 Å². The van der Waals surface area contributed by atoms with Gasteiger partial charge in [-0.1, -0.05) is 12.1 Å². The number of carbonyl (C=O) groups is 1. The molecule has 1 aliphatic carbocycles. The van der Waals surface area contributed by atoms with Crippen LogP contribution in [-0.4, -0.2) is 16.1 Å². The predicted molar refractivity (Wildman–Crippen MR) is 72.5 cm³/mol. The number of carboxylic acid groups (broad SMARTS) is 1. The van der Waals surface area contributed by atoms with Crippen LogP contribution in [0.25, 0.3) is 5.57 Å². The molecule has 0 unspecified atom stereocenters. The Kier molecular flexibility index (Phi) is 7.09. The van der Waals surface area contributed by atoms with Gasteiger partial charge >= 0.3 is 38.7 Å². The van der Waals surface area contributed by atoms with Gasteiger partial charge in [-0.15, -0.1) is 0 Å². The molecule has 4 heteroatoms. The van der Waals surface area contributed by atoms with Gasteiger partial charge < -0.3 is 26.4 Å². The molecule has 0 atom stereocenters. The summed E-state index contributed by atoms with van der Waals surface area (Å²) in [5, 5.41) is 8.92. The first-order valence-corrected chi connectivity index (χ1v) is 5.61. The Morgan fingerprint density at radius 1 is 1.37 bits per heavy atom. The third kappa shape index (κ3) is 3.32. The van der Waals surface area contributed by atoms with Crippen LogP contribution < -0.4 is 0 Å². The second-order valence-electron chi connectivity index (χ2n) is 4.30. The van der Waals surface area contributed by atoms with E-state index in [0.717, 1.165) is 16.8 Å². The minimum atomic E-state index is -0.824. The number of carboxylic acids is 1. The van der Waals surface area contributed by atoms with E-state index in [1.807, 2.05) is 18.2 Å². The first-order chi connectivity index (χ1) is 8.13. The number of hydrogen-bond donors (Lipinski definition) is 1. The predicted octanol–water partition coefficient (Wildman–Crippen LogP) is 3.09. The molecule has 0 aromatic carbocycles. The summed E-state index contributed by atoms with van der Waals surface area (Å²) in [6, 6.07) is 3.75. The summed E-state index contributed by atoms with van der Waals surface area (Å²) in [5.74, 6) is -0.824. The maximum absolute atomic E-state index is 10.9. The average molecular weight is 333 g/mol. The van der Waals surface area contributed by atoms with Gasteiger partial charge in [-0.05, 0) is 17.1 Å². The van der Waals surface area contributed by atoms with Gasteiger partial charge in [0.2, 0.25) is 0 Å². The van der Waals surface area contributed by atoms with Gasteiger partial charge in [0.15, 0.2) is 0 Å². The molecule has 3 nitrogen and oxygen atoms in total. The van der Waals surface area contributed by atoms with Crippen LogP contribution in [0, 0.1) is 21.3 Å². The van der Waals surface area contributed by atoms with E-state index in [9.17, 15) is 4.79 Å². The van der Waals surface area contributed by atoms with Crippen molar-refractivity contribution in [1.82, 2.24) is 4.98 Å². The summed E-state index contributed by atoms with van der Waals surface area (Å²) in [5.41, 5.74) is 2.39. The molecule has 1 aromatic heterocycles. The molecule has 1 N–H and O–H groups in total. The van der Waals surface area contributed by atoms with Crippen LogP contribution >= 0.6 is 0 Å². The average Bonchev–Trinajstić information content (AvgIpc) is 2.64. The number of pyridine rings is 1. The molecule has 0 fully saturated rings. The summed E-state index contributed by atoms with van der Waals surface area (Å²) in [4.78, 5) is 15.2. The molecule has 98 valence electrons. The Bertz CT molecular complexity index is 479. The number of aliphatic carboxylic acids is 1. The Balaban J connectivity index is 0.00000162. The van der Waals surface area contributed by atoms with Crippen LogP contribution in [0.3, 0.4) is 0 Å². The van der Waals surface area contributed by atoms with Crippen molar-refractivity contribution in [1.29, 1.82) is 0 Å². The molecule has 1 aliphatic rings. The van der Waals surface area contributed by atoms with Crippen molar-refractivity contribution < 1.29 is 42.6 Å². The largest absolute Gasteiger partial charge is 3.00 e. The molecule has 19 heavy (non-hydrogen) atoms. The first-order valence-electron chi connectivity index (χ1n) is 5.61.